The summed E-state index contributed by atoms with van der Waals surface area (Å²) in [4.78, 5) is 15.0. The molecular formula is C23H22N2O3S2. The summed E-state index contributed by atoms with van der Waals surface area (Å²) >= 11 is 1.59. The average molecular weight is 439 g/mol. The molecule has 0 fully saturated rings. The molecular weight excluding hydrogens is 416 g/mol. The molecule has 0 saturated heterocycles. The van der Waals surface area contributed by atoms with E-state index in [-0.39, 0.29) is 5.91 Å². The largest absolute Gasteiger partial charge is 0.321 e. The van der Waals surface area contributed by atoms with Crippen LogP contribution in [0, 0.1) is 0 Å². The van der Waals surface area contributed by atoms with E-state index >= 15 is 0 Å². The summed E-state index contributed by atoms with van der Waals surface area (Å²) in [5.41, 5.74) is 2.81. The monoisotopic (exact) mass is 438 g/mol. The van der Waals surface area contributed by atoms with Gasteiger partial charge < -0.3 is 5.32 Å². The van der Waals surface area contributed by atoms with Crippen LogP contribution in [0.25, 0.3) is 0 Å². The SMILES string of the molecule is CS(=O)(=O)N1CCCc2cc(C(=O)Nc3ccccc3Sc3ccccc3)ccc21. The van der Waals surface area contributed by atoms with Crippen molar-refractivity contribution in [2.75, 3.05) is 22.4 Å². The van der Waals surface area contributed by atoms with Gasteiger partial charge in [-0.3, -0.25) is 9.10 Å². The molecule has 0 spiro atoms. The second kappa shape index (κ2) is 8.53. The summed E-state index contributed by atoms with van der Waals surface area (Å²) in [7, 11) is -3.33. The van der Waals surface area contributed by atoms with Gasteiger partial charge in [0.25, 0.3) is 5.91 Å². The van der Waals surface area contributed by atoms with E-state index in [0.717, 1.165) is 33.9 Å². The molecule has 0 aromatic heterocycles. The molecule has 0 bridgehead atoms. The van der Waals surface area contributed by atoms with E-state index in [0.29, 0.717) is 17.8 Å². The smallest absolute Gasteiger partial charge is 0.255 e. The summed E-state index contributed by atoms with van der Waals surface area (Å²) in [6.45, 7) is 0.474. The third-order valence-electron chi connectivity index (χ3n) is 4.92. The first-order chi connectivity index (χ1) is 14.4. The fourth-order valence-corrected chi connectivity index (χ4v) is 5.44. The Kier molecular flexibility index (Phi) is 5.83. The lowest BCUT2D eigenvalue weighted by Gasteiger charge is -2.29. The van der Waals surface area contributed by atoms with Gasteiger partial charge in [0.1, 0.15) is 0 Å². The topological polar surface area (TPSA) is 66.5 Å². The number of sulfonamides is 1. The van der Waals surface area contributed by atoms with E-state index in [1.807, 2.05) is 54.6 Å². The highest BCUT2D eigenvalue weighted by Crippen LogP contribution is 2.34. The fourth-order valence-electron chi connectivity index (χ4n) is 3.52. The van der Waals surface area contributed by atoms with Gasteiger partial charge in [0.2, 0.25) is 10.0 Å². The number of carbonyl (C=O) groups excluding carboxylic acids is 1. The zero-order valence-corrected chi connectivity index (χ0v) is 18.2. The van der Waals surface area contributed by atoms with Crippen molar-refractivity contribution in [1.82, 2.24) is 0 Å². The number of para-hydroxylation sites is 1. The molecule has 1 heterocycles. The molecule has 4 rings (SSSR count). The summed E-state index contributed by atoms with van der Waals surface area (Å²) in [5.74, 6) is -0.213. The maximum Gasteiger partial charge on any atom is 0.255 e. The van der Waals surface area contributed by atoms with Crippen LogP contribution in [-0.2, 0) is 16.4 Å². The first-order valence-corrected chi connectivity index (χ1v) is 12.3. The number of nitrogens with zero attached hydrogens (tertiary/aromatic N) is 1. The van der Waals surface area contributed by atoms with Gasteiger partial charge in [-0.05, 0) is 60.9 Å². The number of fused-ring (bicyclic) bond motifs is 1. The van der Waals surface area contributed by atoms with E-state index in [4.69, 9.17) is 0 Å². The Labute approximate surface area is 181 Å². The van der Waals surface area contributed by atoms with Crippen LogP contribution in [0.15, 0.2) is 82.6 Å². The van der Waals surface area contributed by atoms with Crippen molar-refractivity contribution in [1.29, 1.82) is 0 Å². The number of benzene rings is 3. The third kappa shape index (κ3) is 4.52. The van der Waals surface area contributed by atoms with Crippen molar-refractivity contribution >= 4 is 39.1 Å². The molecule has 7 heteroatoms. The van der Waals surface area contributed by atoms with Gasteiger partial charge >= 0.3 is 0 Å². The summed E-state index contributed by atoms with van der Waals surface area (Å²) in [6.07, 6.45) is 2.70. The molecule has 1 aliphatic rings. The van der Waals surface area contributed by atoms with Gasteiger partial charge in [-0.2, -0.15) is 0 Å². The Balaban J connectivity index is 1.57. The van der Waals surface area contributed by atoms with Crippen LogP contribution in [0.1, 0.15) is 22.3 Å². The van der Waals surface area contributed by atoms with Gasteiger partial charge in [0.05, 0.1) is 17.6 Å². The number of carbonyl (C=O) groups is 1. The van der Waals surface area contributed by atoms with Crippen molar-refractivity contribution in [3.05, 3.63) is 83.9 Å². The normalized spacial score (nSPS) is 13.6. The molecule has 0 saturated carbocycles. The lowest BCUT2D eigenvalue weighted by molar-refractivity contribution is 0.102. The summed E-state index contributed by atoms with van der Waals surface area (Å²) in [6, 6.07) is 22.9. The molecule has 1 N–H and O–H groups in total. The van der Waals surface area contributed by atoms with Gasteiger partial charge in [0.15, 0.2) is 0 Å². The van der Waals surface area contributed by atoms with E-state index in [9.17, 15) is 13.2 Å². The van der Waals surface area contributed by atoms with E-state index < -0.39 is 10.0 Å². The zero-order valence-electron chi connectivity index (χ0n) is 16.5. The predicted octanol–water partition coefficient (Wildman–Crippen LogP) is 4.80. The zero-order chi connectivity index (χ0) is 21.1. The van der Waals surface area contributed by atoms with Gasteiger partial charge in [-0.25, -0.2) is 8.42 Å². The Morgan fingerprint density at radius 1 is 1.00 bits per heavy atom. The summed E-state index contributed by atoms with van der Waals surface area (Å²) in [5, 5.41) is 3.00. The van der Waals surface area contributed by atoms with E-state index in [2.05, 4.69) is 5.32 Å². The average Bonchev–Trinajstić information content (AvgIpc) is 2.74. The second-order valence-corrected chi connectivity index (χ2v) is 10.2. The Bertz CT molecular complexity index is 1180. The first-order valence-electron chi connectivity index (χ1n) is 9.66. The quantitative estimate of drug-likeness (QED) is 0.621. The number of rotatable bonds is 5. The molecule has 0 unspecified atom stereocenters. The van der Waals surface area contributed by atoms with Crippen LogP contribution in [0.2, 0.25) is 0 Å². The standard InChI is InChI=1S/C23H22N2O3S2/c1-30(27,28)25-15-7-8-17-16-18(13-14-21(17)25)23(26)24-20-11-5-6-12-22(20)29-19-9-3-2-4-10-19/h2-6,9-14,16H,7-8,15H2,1H3,(H,24,26). The minimum absolute atomic E-state index is 0.213. The Hall–Kier alpha value is -2.77. The van der Waals surface area contributed by atoms with Crippen LogP contribution < -0.4 is 9.62 Å². The van der Waals surface area contributed by atoms with Crippen LogP contribution in [-0.4, -0.2) is 27.1 Å². The molecule has 0 aliphatic carbocycles. The van der Waals surface area contributed by atoms with Crippen LogP contribution in [0.5, 0.6) is 0 Å². The van der Waals surface area contributed by atoms with Gasteiger partial charge in [0, 0.05) is 21.9 Å². The van der Waals surface area contributed by atoms with E-state index in [1.165, 1.54) is 10.6 Å². The number of aryl methyl sites for hydroxylation is 1. The highest BCUT2D eigenvalue weighted by atomic mass is 32.2. The van der Waals surface area contributed by atoms with Crippen LogP contribution in [0.3, 0.4) is 0 Å². The maximum atomic E-state index is 12.9. The number of hydrogen-bond acceptors (Lipinski definition) is 4. The number of anilines is 2. The van der Waals surface area contributed by atoms with E-state index in [1.54, 1.807) is 30.0 Å². The lowest BCUT2D eigenvalue weighted by Crippen LogP contribution is -2.34. The molecule has 3 aromatic rings. The van der Waals surface area contributed by atoms with Crippen LogP contribution >= 0.6 is 11.8 Å². The van der Waals surface area contributed by atoms with Crippen molar-refractivity contribution in [3.8, 4) is 0 Å². The molecule has 0 atom stereocenters. The van der Waals surface area contributed by atoms with Crippen LogP contribution in [0.4, 0.5) is 11.4 Å². The predicted molar refractivity (Wildman–Crippen MR) is 122 cm³/mol. The van der Waals surface area contributed by atoms with Crippen molar-refractivity contribution in [2.24, 2.45) is 0 Å². The number of nitrogens with one attached hydrogen (secondary N) is 1. The van der Waals surface area contributed by atoms with Gasteiger partial charge in [-0.15, -0.1) is 0 Å². The molecule has 0 radical (unpaired) electrons. The molecule has 1 aliphatic heterocycles. The molecule has 30 heavy (non-hydrogen) atoms. The lowest BCUT2D eigenvalue weighted by atomic mass is 10.0. The fraction of sp³-hybridized carbons (Fsp3) is 0.174. The van der Waals surface area contributed by atoms with Crippen molar-refractivity contribution < 1.29 is 13.2 Å². The second-order valence-electron chi connectivity index (χ2n) is 7.15. The first kappa shape index (κ1) is 20.5. The molecule has 1 amide bonds. The summed E-state index contributed by atoms with van der Waals surface area (Å²) < 4.78 is 25.5. The minimum atomic E-state index is -3.33. The Morgan fingerprint density at radius 3 is 2.50 bits per heavy atom. The highest BCUT2D eigenvalue weighted by Gasteiger charge is 2.24. The maximum absolute atomic E-state index is 12.9. The molecule has 3 aromatic carbocycles. The molecule has 5 nitrogen and oxygen atoms in total. The number of hydrogen-bond donors (Lipinski definition) is 1. The molecule has 154 valence electrons. The van der Waals surface area contributed by atoms with Crippen molar-refractivity contribution in [3.63, 3.8) is 0 Å². The third-order valence-corrected chi connectivity index (χ3v) is 7.19. The highest BCUT2D eigenvalue weighted by molar-refractivity contribution is 7.99. The van der Waals surface area contributed by atoms with Gasteiger partial charge in [-0.1, -0.05) is 42.1 Å². The number of amides is 1. The van der Waals surface area contributed by atoms with Crippen molar-refractivity contribution in [2.45, 2.75) is 22.6 Å². The Morgan fingerprint density at radius 2 is 1.73 bits per heavy atom. The minimum Gasteiger partial charge on any atom is -0.321 e.